The molecule has 5 N–H and O–H groups in total. The second-order valence-corrected chi connectivity index (χ2v) is 8.72. The largest absolute Gasteiger partial charge is 0.493 e. The molecule has 43 heavy (non-hydrogen) atoms. The highest BCUT2D eigenvalue weighted by atomic mass is 19.4. The summed E-state index contributed by atoms with van der Waals surface area (Å²) in [6.45, 7) is 0. The van der Waals surface area contributed by atoms with Gasteiger partial charge in [-0.05, 0) is 48.0 Å². The van der Waals surface area contributed by atoms with Crippen LogP contribution >= 0.6 is 0 Å². The second kappa shape index (κ2) is 12.1. The molecular weight excluding hydrogens is 580 g/mol. The van der Waals surface area contributed by atoms with Crippen LogP contribution in [0.2, 0.25) is 0 Å². The van der Waals surface area contributed by atoms with E-state index in [2.05, 4.69) is 20.1 Å². The van der Waals surface area contributed by atoms with E-state index in [9.17, 15) is 31.9 Å². The number of alkyl halides is 3. The van der Waals surface area contributed by atoms with Gasteiger partial charge in [-0.1, -0.05) is 18.2 Å². The molecule has 0 saturated heterocycles. The zero-order chi connectivity index (χ0) is 31.5. The van der Waals surface area contributed by atoms with Gasteiger partial charge in [0, 0.05) is 5.69 Å². The van der Waals surface area contributed by atoms with Crippen molar-refractivity contribution in [2.75, 3.05) is 19.5 Å². The Kier molecular flexibility index (Phi) is 8.49. The number of halogens is 4. The third-order valence-electron chi connectivity index (χ3n) is 5.99. The molecule has 0 spiro atoms. The van der Waals surface area contributed by atoms with E-state index in [-0.39, 0.29) is 22.8 Å². The maximum Gasteiger partial charge on any atom is 0.491 e. The van der Waals surface area contributed by atoms with Crippen LogP contribution in [0.3, 0.4) is 0 Å². The number of amidine groups is 1. The Morgan fingerprint density at radius 3 is 2.35 bits per heavy atom. The van der Waals surface area contributed by atoms with Crippen molar-refractivity contribution in [3.8, 4) is 17.2 Å². The normalized spacial score (nSPS) is 11.9. The number of nitrogens with one attached hydrogen (secondary N) is 3. The van der Waals surface area contributed by atoms with Gasteiger partial charge in [0.05, 0.1) is 31.0 Å². The van der Waals surface area contributed by atoms with Gasteiger partial charge in [-0.3, -0.25) is 10.4 Å². The first kappa shape index (κ1) is 30.3. The van der Waals surface area contributed by atoms with E-state index < -0.39 is 47.1 Å². The van der Waals surface area contributed by atoms with Crippen molar-refractivity contribution < 1.29 is 41.4 Å². The monoisotopic (exact) mass is 602 g/mol. The van der Waals surface area contributed by atoms with Crippen LogP contribution in [0, 0.1) is 11.2 Å². The topological polar surface area (TPSA) is 174 Å². The number of ether oxygens (including phenoxy) is 3. The Labute approximate surface area is 239 Å². The van der Waals surface area contributed by atoms with Gasteiger partial charge in [-0.15, -0.1) is 5.10 Å². The van der Waals surface area contributed by atoms with Gasteiger partial charge in [0.15, 0.2) is 17.3 Å². The molecule has 0 radical (unpaired) electrons. The average Bonchev–Trinajstić information content (AvgIpc) is 3.35. The first-order valence-corrected chi connectivity index (χ1v) is 12.1. The van der Waals surface area contributed by atoms with Gasteiger partial charge in [0.1, 0.15) is 17.7 Å². The van der Waals surface area contributed by atoms with Crippen molar-refractivity contribution in [1.82, 2.24) is 14.8 Å². The Hall–Kier alpha value is -5.67. The molecule has 1 aromatic heterocycles. The minimum atomic E-state index is -5.43. The highest BCUT2D eigenvalue weighted by Crippen LogP contribution is 2.33. The Bertz CT molecular complexity index is 1770. The zero-order valence-electron chi connectivity index (χ0n) is 22.3. The first-order valence-electron chi connectivity index (χ1n) is 12.1. The number of H-pyrrole nitrogens is 1. The van der Waals surface area contributed by atoms with E-state index in [1.54, 1.807) is 18.2 Å². The zero-order valence-corrected chi connectivity index (χ0v) is 22.3. The summed E-state index contributed by atoms with van der Waals surface area (Å²) in [5, 5.41) is 14.8. The lowest BCUT2D eigenvalue weighted by Gasteiger charge is -2.20. The summed E-state index contributed by atoms with van der Waals surface area (Å²) in [6.07, 6.45) is -5.43. The fraction of sp³-hybridized carbons (Fsp3) is 0.148. The fourth-order valence-corrected chi connectivity index (χ4v) is 3.99. The van der Waals surface area contributed by atoms with Crippen LogP contribution in [0.5, 0.6) is 11.5 Å². The van der Waals surface area contributed by atoms with Crippen LogP contribution in [0.25, 0.3) is 5.69 Å². The van der Waals surface area contributed by atoms with Crippen molar-refractivity contribution in [1.29, 1.82) is 5.41 Å². The molecule has 4 rings (SSSR count). The van der Waals surface area contributed by atoms with E-state index in [1.807, 2.05) is 0 Å². The molecule has 0 amide bonds. The molecule has 0 saturated carbocycles. The number of esters is 2. The number of rotatable bonds is 9. The number of benzene rings is 3. The van der Waals surface area contributed by atoms with Gasteiger partial charge in [-0.25, -0.2) is 18.8 Å². The van der Waals surface area contributed by atoms with E-state index in [4.69, 9.17) is 20.6 Å². The molecule has 0 bridgehead atoms. The molecule has 1 atom stereocenters. The highest BCUT2D eigenvalue weighted by molar-refractivity contribution is 6.00. The summed E-state index contributed by atoms with van der Waals surface area (Å²) < 4.78 is 67.9. The summed E-state index contributed by atoms with van der Waals surface area (Å²) in [5.41, 5.74) is 4.11. The molecule has 0 fully saturated rings. The van der Waals surface area contributed by atoms with Crippen LogP contribution in [-0.4, -0.2) is 52.9 Å². The Morgan fingerprint density at radius 1 is 1.02 bits per heavy atom. The third kappa shape index (κ3) is 6.47. The van der Waals surface area contributed by atoms with Crippen molar-refractivity contribution in [2.45, 2.75) is 12.2 Å². The summed E-state index contributed by atoms with van der Waals surface area (Å²) in [4.78, 5) is 39.3. The quantitative estimate of drug-likeness (QED) is 0.0735. The first-order chi connectivity index (χ1) is 20.3. The van der Waals surface area contributed by atoms with Gasteiger partial charge in [0.2, 0.25) is 0 Å². The summed E-state index contributed by atoms with van der Waals surface area (Å²) in [5.74, 6) is -5.09. The molecular formula is C27H22F4N6O6. The maximum atomic E-state index is 14.6. The third-order valence-corrected chi connectivity index (χ3v) is 5.99. The average molecular weight is 603 g/mol. The van der Waals surface area contributed by atoms with E-state index >= 15 is 0 Å². The van der Waals surface area contributed by atoms with E-state index in [1.165, 1.54) is 44.6 Å². The summed E-state index contributed by atoms with van der Waals surface area (Å²) in [6, 6.07) is 12.4. The van der Waals surface area contributed by atoms with Gasteiger partial charge in [0.25, 0.3) is 0 Å². The van der Waals surface area contributed by atoms with Gasteiger partial charge < -0.3 is 25.3 Å². The molecule has 0 aliphatic carbocycles. The van der Waals surface area contributed by atoms with Crippen molar-refractivity contribution in [2.24, 2.45) is 5.73 Å². The Balaban J connectivity index is 1.80. The molecule has 12 nitrogen and oxygen atoms in total. The standard InChI is InChI=1S/C27H22F4N6O6/c1-41-19-10-7-13(11-20(19)42-2)21(34-14-8-9-15(22(32)33)17(28)12-14)23-35-26(40)37(36-23)18-6-4-3-5-16(18)24(38)43-25(39)27(29,30)31/h3-12,21,34H,1-2H3,(H3,32,33)(H,35,36,40). The van der Waals surface area contributed by atoms with Crippen molar-refractivity contribution in [3.63, 3.8) is 0 Å². The summed E-state index contributed by atoms with van der Waals surface area (Å²) in [7, 11) is 2.83. The smallest absolute Gasteiger partial charge is 0.491 e. The molecule has 0 aliphatic rings. The minimum absolute atomic E-state index is 0.0807. The number of hydrogen-bond donors (Lipinski definition) is 4. The van der Waals surface area contributed by atoms with Crippen LogP contribution in [0.1, 0.15) is 33.4 Å². The lowest BCUT2D eigenvalue weighted by Crippen LogP contribution is -2.29. The number of methoxy groups -OCH3 is 2. The highest BCUT2D eigenvalue weighted by Gasteiger charge is 2.43. The number of para-hydroxylation sites is 1. The van der Waals surface area contributed by atoms with Crippen LogP contribution < -0.4 is 26.2 Å². The van der Waals surface area contributed by atoms with Gasteiger partial charge >= 0.3 is 23.8 Å². The second-order valence-electron chi connectivity index (χ2n) is 8.72. The van der Waals surface area contributed by atoms with Crippen LogP contribution in [0.4, 0.5) is 23.2 Å². The van der Waals surface area contributed by atoms with Crippen LogP contribution in [0.15, 0.2) is 65.5 Å². The summed E-state index contributed by atoms with van der Waals surface area (Å²) >= 11 is 0. The molecule has 3 aromatic carbocycles. The lowest BCUT2D eigenvalue weighted by molar-refractivity contribution is -0.193. The van der Waals surface area contributed by atoms with Crippen molar-refractivity contribution in [3.05, 3.63) is 99.5 Å². The number of aromatic amines is 1. The predicted octanol–water partition coefficient (Wildman–Crippen LogP) is 3.45. The maximum absolute atomic E-state index is 14.6. The number of hydrogen-bond acceptors (Lipinski definition) is 9. The SMILES string of the molecule is COc1ccc(C(Nc2ccc(C(=N)N)c(F)c2)c2nn(-c3ccccc3C(=O)OC(=O)C(F)(F)F)c(=O)[nH]2)cc1OC. The van der Waals surface area contributed by atoms with Crippen LogP contribution in [-0.2, 0) is 9.53 Å². The fourth-order valence-electron chi connectivity index (χ4n) is 3.99. The molecule has 224 valence electrons. The number of nitrogen functional groups attached to an aromatic ring is 1. The van der Waals surface area contributed by atoms with E-state index in [0.29, 0.717) is 21.7 Å². The van der Waals surface area contributed by atoms with Crippen molar-refractivity contribution >= 4 is 23.5 Å². The number of nitrogens with zero attached hydrogens (tertiary/aromatic N) is 2. The minimum Gasteiger partial charge on any atom is -0.493 e. The number of nitrogens with two attached hydrogens (primary N) is 1. The molecule has 1 heterocycles. The molecule has 4 aromatic rings. The van der Waals surface area contributed by atoms with E-state index in [0.717, 1.165) is 12.1 Å². The predicted molar refractivity (Wildman–Crippen MR) is 143 cm³/mol. The molecule has 1 unspecified atom stereocenters. The lowest BCUT2D eigenvalue weighted by atomic mass is 10.0. The molecule has 0 aliphatic heterocycles. The molecule has 16 heteroatoms. The number of carbonyl (C=O) groups excluding carboxylic acids is 2. The number of carbonyl (C=O) groups is 2. The number of aromatic nitrogens is 3. The number of anilines is 1. The Morgan fingerprint density at radius 2 is 1.72 bits per heavy atom. The van der Waals surface area contributed by atoms with Gasteiger partial charge in [-0.2, -0.15) is 17.9 Å².